The molecule has 0 spiro atoms. The Morgan fingerprint density at radius 2 is 1.89 bits per heavy atom. The molecular formula is C28H27ClN4OS. The highest BCUT2D eigenvalue weighted by molar-refractivity contribution is 7.15. The molecule has 5 nitrogen and oxygen atoms in total. The first-order valence-electron chi connectivity index (χ1n) is 11.9. The molecule has 178 valence electrons. The molecule has 6 rings (SSSR count). The molecule has 2 aromatic heterocycles. The van der Waals surface area contributed by atoms with Crippen LogP contribution in [0.2, 0.25) is 5.02 Å². The van der Waals surface area contributed by atoms with Gasteiger partial charge in [0.2, 0.25) is 0 Å². The van der Waals surface area contributed by atoms with Gasteiger partial charge in [-0.1, -0.05) is 48.0 Å². The van der Waals surface area contributed by atoms with E-state index >= 15 is 0 Å². The largest absolute Gasteiger partial charge is 0.322 e. The first-order chi connectivity index (χ1) is 17.0. The summed E-state index contributed by atoms with van der Waals surface area (Å²) >= 11 is 8.22. The van der Waals surface area contributed by atoms with Gasteiger partial charge in [0.05, 0.1) is 18.3 Å². The van der Waals surface area contributed by atoms with E-state index in [2.05, 4.69) is 52.3 Å². The summed E-state index contributed by atoms with van der Waals surface area (Å²) in [7, 11) is 2.17. The van der Waals surface area contributed by atoms with E-state index in [1.807, 2.05) is 59.6 Å². The molecule has 2 aliphatic rings. The summed E-state index contributed by atoms with van der Waals surface area (Å²) in [5, 5.41) is 5.01. The maximum absolute atomic E-state index is 13.9. The standard InChI is InChI=1S/C28H27ClN4OS/c1-18-10-11-20(15-23(18)29)30-28(34)33-16-22-21-12-14-31(2)17-25(21)35-27(22)32-13-6-9-24(32)26(33)19-7-4-3-5-8-19/h3-11,13,15,26H,12,14,16-17H2,1-2H3,(H,30,34). The number of thiophene rings is 1. The zero-order valence-corrected chi connectivity index (χ0v) is 21.4. The van der Waals surface area contributed by atoms with Crippen molar-refractivity contribution in [3.8, 4) is 5.00 Å². The third-order valence-corrected chi connectivity index (χ3v) is 8.72. The second-order valence-corrected chi connectivity index (χ2v) is 10.9. The molecule has 7 heteroatoms. The highest BCUT2D eigenvalue weighted by Crippen LogP contribution is 2.43. The molecule has 4 aromatic rings. The average Bonchev–Trinajstić information content (AvgIpc) is 3.43. The van der Waals surface area contributed by atoms with Crippen molar-refractivity contribution in [3.05, 3.63) is 105 Å². The van der Waals surface area contributed by atoms with Crippen molar-refractivity contribution in [2.75, 3.05) is 18.9 Å². The van der Waals surface area contributed by atoms with Gasteiger partial charge in [-0.2, -0.15) is 0 Å². The molecule has 0 aliphatic carbocycles. The predicted octanol–water partition coefficient (Wildman–Crippen LogP) is 6.63. The summed E-state index contributed by atoms with van der Waals surface area (Å²) in [5.41, 5.74) is 6.55. The van der Waals surface area contributed by atoms with E-state index in [4.69, 9.17) is 11.6 Å². The number of fused-ring (bicyclic) bond motifs is 5. The number of hydrogen-bond acceptors (Lipinski definition) is 3. The van der Waals surface area contributed by atoms with Gasteiger partial charge >= 0.3 is 6.03 Å². The third kappa shape index (κ3) is 3.96. The number of urea groups is 1. The number of anilines is 1. The van der Waals surface area contributed by atoms with Crippen LogP contribution in [0.4, 0.5) is 10.5 Å². The Hall–Kier alpha value is -3.06. The lowest BCUT2D eigenvalue weighted by atomic mass is 10.0. The SMILES string of the molecule is Cc1ccc(NC(=O)N2Cc3c(sc4c3CCN(C)C4)-n3cccc3C2c2ccccc2)cc1Cl. The number of amides is 2. The van der Waals surface area contributed by atoms with Crippen LogP contribution in [0.25, 0.3) is 5.00 Å². The summed E-state index contributed by atoms with van der Waals surface area (Å²) in [4.78, 5) is 19.7. The molecule has 4 heterocycles. The zero-order valence-electron chi connectivity index (χ0n) is 19.8. The van der Waals surface area contributed by atoms with E-state index in [1.54, 1.807) is 0 Å². The van der Waals surface area contributed by atoms with Crippen LogP contribution >= 0.6 is 22.9 Å². The Kier molecular flexibility index (Phi) is 5.67. The number of halogens is 1. The molecule has 2 aliphatic heterocycles. The minimum absolute atomic E-state index is 0.132. The number of likely N-dealkylation sites (N-methyl/N-ethyl adjacent to an activating group) is 1. The van der Waals surface area contributed by atoms with Gasteiger partial charge in [0.15, 0.2) is 0 Å². The molecule has 1 atom stereocenters. The molecule has 35 heavy (non-hydrogen) atoms. The summed E-state index contributed by atoms with van der Waals surface area (Å²) in [6, 6.07) is 19.8. The summed E-state index contributed by atoms with van der Waals surface area (Å²) in [5.74, 6) is 0. The summed E-state index contributed by atoms with van der Waals surface area (Å²) < 4.78 is 2.30. The minimum Gasteiger partial charge on any atom is -0.310 e. The lowest BCUT2D eigenvalue weighted by molar-refractivity contribution is 0.194. The number of nitrogens with zero attached hydrogens (tertiary/aromatic N) is 3. The highest BCUT2D eigenvalue weighted by atomic mass is 35.5. The number of aromatic nitrogens is 1. The molecular weight excluding hydrogens is 476 g/mol. The van der Waals surface area contributed by atoms with E-state index in [9.17, 15) is 4.79 Å². The van der Waals surface area contributed by atoms with Gasteiger partial charge in [-0.05, 0) is 61.3 Å². The third-order valence-electron chi connectivity index (χ3n) is 7.05. The average molecular weight is 503 g/mol. The van der Waals surface area contributed by atoms with Crippen molar-refractivity contribution in [3.63, 3.8) is 0 Å². The van der Waals surface area contributed by atoms with Crippen LogP contribution in [0, 0.1) is 6.92 Å². The van der Waals surface area contributed by atoms with Crippen molar-refractivity contribution in [2.24, 2.45) is 0 Å². The number of nitrogens with one attached hydrogen (secondary N) is 1. The number of carbonyl (C=O) groups excluding carboxylic acids is 1. The lowest BCUT2D eigenvalue weighted by Crippen LogP contribution is -2.38. The van der Waals surface area contributed by atoms with Crippen molar-refractivity contribution in [1.82, 2.24) is 14.4 Å². The van der Waals surface area contributed by atoms with E-state index in [1.165, 1.54) is 21.0 Å². The zero-order chi connectivity index (χ0) is 24.1. The smallest absolute Gasteiger partial charge is 0.310 e. The van der Waals surface area contributed by atoms with E-state index in [0.29, 0.717) is 17.3 Å². The first kappa shape index (κ1) is 22.4. The highest BCUT2D eigenvalue weighted by Gasteiger charge is 2.36. The lowest BCUT2D eigenvalue weighted by Gasteiger charge is -2.32. The Labute approximate surface area is 214 Å². The number of benzene rings is 2. The Morgan fingerprint density at radius 3 is 2.69 bits per heavy atom. The second-order valence-electron chi connectivity index (χ2n) is 9.41. The molecule has 0 saturated carbocycles. The molecule has 0 radical (unpaired) electrons. The van der Waals surface area contributed by atoms with Crippen molar-refractivity contribution < 1.29 is 4.79 Å². The molecule has 1 unspecified atom stereocenters. The second kappa shape index (κ2) is 8.86. The Balaban J connectivity index is 1.48. The Bertz CT molecular complexity index is 1410. The number of rotatable bonds is 2. The van der Waals surface area contributed by atoms with Gasteiger partial charge in [0.25, 0.3) is 0 Å². The fourth-order valence-electron chi connectivity index (χ4n) is 5.20. The van der Waals surface area contributed by atoms with E-state index in [-0.39, 0.29) is 12.1 Å². The van der Waals surface area contributed by atoms with Crippen LogP contribution in [-0.2, 0) is 19.5 Å². The quantitative estimate of drug-likeness (QED) is 0.334. The van der Waals surface area contributed by atoms with Crippen LogP contribution in [-0.4, -0.2) is 34.0 Å². The number of aryl methyl sites for hydroxylation is 1. The van der Waals surface area contributed by atoms with E-state index < -0.39 is 0 Å². The monoisotopic (exact) mass is 502 g/mol. The van der Waals surface area contributed by atoms with Gasteiger partial charge in [-0.25, -0.2) is 4.79 Å². The van der Waals surface area contributed by atoms with Crippen LogP contribution in [0.5, 0.6) is 0 Å². The van der Waals surface area contributed by atoms with Crippen LogP contribution in [0.1, 0.15) is 38.9 Å². The van der Waals surface area contributed by atoms with E-state index in [0.717, 1.165) is 36.3 Å². The molecule has 2 amide bonds. The molecule has 2 aromatic carbocycles. The van der Waals surface area contributed by atoms with Gasteiger partial charge in [-0.3, -0.25) is 0 Å². The summed E-state index contributed by atoms with van der Waals surface area (Å²) in [6.45, 7) is 4.50. The first-order valence-corrected chi connectivity index (χ1v) is 13.1. The molecule has 0 bridgehead atoms. The van der Waals surface area contributed by atoms with Crippen LogP contribution in [0.3, 0.4) is 0 Å². The fraction of sp³-hybridized carbons (Fsp3) is 0.250. The number of hydrogen-bond donors (Lipinski definition) is 1. The fourth-order valence-corrected chi connectivity index (χ4v) is 6.83. The minimum atomic E-state index is -0.214. The van der Waals surface area contributed by atoms with Gasteiger partial charge in [0, 0.05) is 40.4 Å². The van der Waals surface area contributed by atoms with Gasteiger partial charge < -0.3 is 19.7 Å². The predicted molar refractivity (Wildman–Crippen MR) is 143 cm³/mol. The molecule has 0 saturated heterocycles. The Morgan fingerprint density at radius 1 is 1.06 bits per heavy atom. The van der Waals surface area contributed by atoms with Crippen molar-refractivity contribution >= 4 is 34.7 Å². The van der Waals surface area contributed by atoms with Crippen molar-refractivity contribution in [1.29, 1.82) is 0 Å². The molecule has 1 N–H and O–H groups in total. The van der Waals surface area contributed by atoms with Crippen LogP contribution < -0.4 is 5.32 Å². The van der Waals surface area contributed by atoms with Gasteiger partial charge in [-0.15, -0.1) is 11.3 Å². The normalized spacial score (nSPS) is 17.3. The van der Waals surface area contributed by atoms with Gasteiger partial charge in [0.1, 0.15) is 5.00 Å². The summed E-state index contributed by atoms with van der Waals surface area (Å²) in [6.07, 6.45) is 3.14. The number of carbonyl (C=O) groups is 1. The maximum Gasteiger partial charge on any atom is 0.322 e. The van der Waals surface area contributed by atoms with Crippen molar-refractivity contribution in [2.45, 2.75) is 32.5 Å². The van der Waals surface area contributed by atoms with Crippen LogP contribution in [0.15, 0.2) is 66.9 Å². The molecule has 0 fully saturated rings. The maximum atomic E-state index is 13.9. The topological polar surface area (TPSA) is 40.5 Å².